The zero-order valence-corrected chi connectivity index (χ0v) is 13.4. The Kier molecular flexibility index (Phi) is 2.22. The molecule has 8 atom stereocenters. The van der Waals surface area contributed by atoms with Crippen LogP contribution in [0.1, 0.15) is 12.0 Å². The Morgan fingerprint density at radius 2 is 1.83 bits per heavy atom. The van der Waals surface area contributed by atoms with Crippen LogP contribution in [-0.4, -0.2) is 29.9 Å². The highest BCUT2D eigenvalue weighted by Gasteiger charge is 2.81. The van der Waals surface area contributed by atoms with Gasteiger partial charge in [0.1, 0.15) is 0 Å². The number of carbonyl (C=O) groups is 2. The number of halogens is 2. The van der Waals surface area contributed by atoms with Crippen molar-refractivity contribution in [1.82, 2.24) is 0 Å². The summed E-state index contributed by atoms with van der Waals surface area (Å²) in [5.74, 6) is -0.111. The van der Waals surface area contributed by atoms with E-state index in [4.69, 9.17) is 32.7 Å². The molecule has 2 bridgehead atoms. The fourth-order valence-corrected chi connectivity index (χ4v) is 5.96. The summed E-state index contributed by atoms with van der Waals surface area (Å²) in [6.45, 7) is 0. The molecule has 4 nitrogen and oxygen atoms in total. The van der Waals surface area contributed by atoms with Gasteiger partial charge in [0, 0.05) is 27.4 Å². The zero-order valence-electron chi connectivity index (χ0n) is 11.9. The average Bonchev–Trinajstić information content (AvgIpc) is 3.42. The third kappa shape index (κ3) is 1.36. The highest BCUT2D eigenvalue weighted by molar-refractivity contribution is 6.34. The Labute approximate surface area is 142 Å². The van der Waals surface area contributed by atoms with Crippen LogP contribution < -0.4 is 0 Å². The quantitative estimate of drug-likeness (QED) is 0.729. The van der Waals surface area contributed by atoms with Crippen molar-refractivity contribution in [3.8, 4) is 0 Å². The van der Waals surface area contributed by atoms with Crippen molar-refractivity contribution < 1.29 is 19.1 Å². The second kappa shape index (κ2) is 3.83. The minimum absolute atomic E-state index is 0.00211. The first-order valence-corrected chi connectivity index (χ1v) is 8.66. The highest BCUT2D eigenvalue weighted by atomic mass is 35.5. The monoisotopic (exact) mass is 350 g/mol. The number of hydrogen-bond acceptors (Lipinski definition) is 4. The second-order valence-corrected chi connectivity index (χ2v) is 8.15. The highest BCUT2D eigenvalue weighted by Crippen LogP contribution is 2.68. The van der Waals surface area contributed by atoms with E-state index < -0.39 is 11.7 Å². The van der Waals surface area contributed by atoms with Gasteiger partial charge in [0.2, 0.25) is 0 Å². The zero-order chi connectivity index (χ0) is 15.7. The number of fused-ring (bicyclic) bond motifs is 9. The molecule has 3 aliphatic carbocycles. The predicted molar refractivity (Wildman–Crippen MR) is 80.3 cm³/mol. The summed E-state index contributed by atoms with van der Waals surface area (Å²) in [5.41, 5.74) is -0.681. The van der Waals surface area contributed by atoms with Crippen LogP contribution >= 0.6 is 23.2 Å². The fraction of sp³-hybridized carbons (Fsp3) is 0.529. The molecule has 0 aromatic heterocycles. The maximum atomic E-state index is 13.3. The molecular weight excluding hydrogens is 339 g/mol. The Balaban J connectivity index is 1.50. The number of Topliss-reactive ketones (excluding diaryl/α,β-unsaturated/α-hetero) is 2. The summed E-state index contributed by atoms with van der Waals surface area (Å²) >= 11 is 12.4. The van der Waals surface area contributed by atoms with E-state index in [1.165, 1.54) is 0 Å². The molecule has 118 valence electrons. The van der Waals surface area contributed by atoms with Crippen molar-refractivity contribution in [1.29, 1.82) is 0 Å². The number of epoxide rings is 2. The van der Waals surface area contributed by atoms with Crippen molar-refractivity contribution in [2.75, 3.05) is 0 Å². The largest absolute Gasteiger partial charge is 0.369 e. The Morgan fingerprint density at radius 3 is 2.61 bits per heavy atom. The minimum Gasteiger partial charge on any atom is -0.369 e. The first-order valence-electron chi connectivity index (χ1n) is 7.91. The lowest BCUT2D eigenvalue weighted by Gasteiger charge is -2.32. The van der Waals surface area contributed by atoms with Gasteiger partial charge in [0.15, 0.2) is 23.3 Å². The van der Waals surface area contributed by atoms with Crippen molar-refractivity contribution in [3.05, 3.63) is 33.8 Å². The van der Waals surface area contributed by atoms with E-state index >= 15 is 0 Å². The molecule has 1 aromatic rings. The summed E-state index contributed by atoms with van der Waals surface area (Å²) in [7, 11) is 0. The molecule has 0 spiro atoms. The number of carbonyl (C=O) groups excluding carboxylic acids is 2. The lowest BCUT2D eigenvalue weighted by Crippen LogP contribution is -2.50. The van der Waals surface area contributed by atoms with Gasteiger partial charge in [-0.25, -0.2) is 0 Å². The van der Waals surface area contributed by atoms with E-state index in [9.17, 15) is 9.59 Å². The van der Waals surface area contributed by atoms with Crippen LogP contribution in [0.5, 0.6) is 0 Å². The van der Waals surface area contributed by atoms with Gasteiger partial charge >= 0.3 is 0 Å². The molecule has 6 heteroatoms. The van der Waals surface area contributed by atoms with Gasteiger partial charge in [-0.2, -0.15) is 0 Å². The summed E-state index contributed by atoms with van der Waals surface area (Å²) in [4.78, 5) is 26.2. The van der Waals surface area contributed by atoms with Crippen LogP contribution in [0.2, 0.25) is 10.0 Å². The fourth-order valence-electron chi connectivity index (χ4n) is 5.53. The van der Waals surface area contributed by atoms with Crippen LogP contribution in [0.3, 0.4) is 0 Å². The number of rotatable bonds is 1. The molecule has 2 aliphatic heterocycles. The molecule has 0 N–H and O–H groups in total. The second-order valence-electron chi connectivity index (χ2n) is 7.30. The maximum absolute atomic E-state index is 13.3. The number of ether oxygens (including phenoxy) is 2. The summed E-state index contributed by atoms with van der Waals surface area (Å²) in [6.07, 6.45) is 0.580. The summed E-state index contributed by atoms with van der Waals surface area (Å²) in [6, 6.07) is 4.97. The lowest BCUT2D eigenvalue weighted by molar-refractivity contribution is -0.140. The van der Waals surface area contributed by atoms with Crippen molar-refractivity contribution >= 4 is 34.8 Å². The molecule has 2 heterocycles. The standard InChI is InChI=1S/C17H12Cl2O4/c18-5-1-2-9(19)8(3-5)17-15(21)11-7-4-6(13-14(7)22-13)10(11)12(20)16(17)23-17/h1-3,6-7,10-11,13-14,16H,4H2/t6-,7-,10+,11-,13+,14+,16+,17-/m0/s1. The van der Waals surface area contributed by atoms with Gasteiger partial charge in [-0.05, 0) is 36.5 Å². The van der Waals surface area contributed by atoms with E-state index in [2.05, 4.69) is 0 Å². The molecule has 1 aromatic carbocycles. The third-order valence-corrected chi connectivity index (χ3v) is 7.02. The summed E-state index contributed by atoms with van der Waals surface area (Å²) < 4.78 is 11.4. The van der Waals surface area contributed by atoms with Gasteiger partial charge in [-0.1, -0.05) is 23.2 Å². The van der Waals surface area contributed by atoms with E-state index in [0.29, 0.717) is 15.6 Å². The Hall–Kier alpha value is -0.940. The van der Waals surface area contributed by atoms with Gasteiger partial charge in [-0.15, -0.1) is 0 Å². The van der Waals surface area contributed by atoms with Crippen LogP contribution in [-0.2, 0) is 24.7 Å². The van der Waals surface area contributed by atoms with E-state index in [1.807, 2.05) is 0 Å². The van der Waals surface area contributed by atoms with Gasteiger partial charge < -0.3 is 9.47 Å². The molecule has 2 saturated heterocycles. The molecule has 0 radical (unpaired) electrons. The third-order valence-electron chi connectivity index (χ3n) is 6.46. The first-order chi connectivity index (χ1) is 11.0. The lowest BCUT2D eigenvalue weighted by atomic mass is 9.64. The van der Waals surface area contributed by atoms with Crippen molar-refractivity contribution in [2.45, 2.75) is 30.3 Å². The summed E-state index contributed by atoms with van der Waals surface area (Å²) in [5, 5.41) is 0.897. The van der Waals surface area contributed by atoms with Gasteiger partial charge in [0.25, 0.3) is 0 Å². The maximum Gasteiger partial charge on any atom is 0.187 e. The Bertz CT molecular complexity index is 808. The first kappa shape index (κ1) is 13.4. The SMILES string of the molecule is O=C1[C@@H]2[C@@H]3C[C@H]([C@H]4O[C@H]34)[C@@H]2C(=O)[C@]2(c3cc(Cl)ccc3Cl)O[C@H]12. The predicted octanol–water partition coefficient (Wildman–Crippen LogP) is 2.39. The minimum atomic E-state index is -1.21. The van der Waals surface area contributed by atoms with E-state index in [-0.39, 0.29) is 47.4 Å². The molecule has 0 amide bonds. The number of benzene rings is 1. The van der Waals surface area contributed by atoms with E-state index in [1.54, 1.807) is 18.2 Å². The topological polar surface area (TPSA) is 59.2 Å². The van der Waals surface area contributed by atoms with Crippen LogP contribution in [0, 0.1) is 23.7 Å². The Morgan fingerprint density at radius 1 is 1.09 bits per heavy atom. The molecule has 5 fully saturated rings. The van der Waals surface area contributed by atoms with Crippen molar-refractivity contribution in [2.24, 2.45) is 23.7 Å². The van der Waals surface area contributed by atoms with Crippen molar-refractivity contribution in [3.63, 3.8) is 0 Å². The van der Waals surface area contributed by atoms with E-state index in [0.717, 1.165) is 6.42 Å². The van der Waals surface area contributed by atoms with Crippen LogP contribution in [0.25, 0.3) is 0 Å². The van der Waals surface area contributed by atoms with Gasteiger partial charge in [-0.3, -0.25) is 9.59 Å². The normalized spacial score (nSPS) is 51.3. The molecule has 3 saturated carbocycles. The van der Waals surface area contributed by atoms with Crippen LogP contribution in [0.4, 0.5) is 0 Å². The smallest absolute Gasteiger partial charge is 0.187 e. The van der Waals surface area contributed by atoms with Crippen LogP contribution in [0.15, 0.2) is 18.2 Å². The molecule has 6 rings (SSSR count). The van der Waals surface area contributed by atoms with Gasteiger partial charge in [0.05, 0.1) is 12.2 Å². The molecule has 0 unspecified atom stereocenters. The molecule has 23 heavy (non-hydrogen) atoms. The molecule has 5 aliphatic rings. The molecular formula is C17H12Cl2O4. The number of ketones is 2. The number of hydrogen-bond donors (Lipinski definition) is 0. The average molecular weight is 351 g/mol.